The van der Waals surface area contributed by atoms with Gasteiger partial charge in [-0.15, -0.1) is 0 Å². The number of nitrogens with one attached hydrogen (secondary N) is 1. The van der Waals surface area contributed by atoms with Crippen LogP contribution in [0.4, 0.5) is 0 Å². The minimum atomic E-state index is -1.78. The number of aliphatic hydroxyl groups excluding tert-OH is 4. The number of carboxylic acid groups (broad SMARTS) is 1. The molecule has 3 heterocycles. The molecule has 39 heavy (non-hydrogen) atoms. The van der Waals surface area contributed by atoms with E-state index in [0.717, 1.165) is 16.9 Å². The van der Waals surface area contributed by atoms with Gasteiger partial charge in [-0.3, -0.25) is 4.79 Å². The van der Waals surface area contributed by atoms with Crippen molar-refractivity contribution in [1.82, 2.24) is 5.32 Å². The number of ether oxygens (including phenoxy) is 3. The number of hydrogen-bond donors (Lipinski definition) is 6. The fraction of sp³-hybridized carbons (Fsp3) is 0.481. The summed E-state index contributed by atoms with van der Waals surface area (Å²) in [5.74, 6) is -2.11. The minimum Gasteiger partial charge on any atom is -0.494 e. The van der Waals surface area contributed by atoms with Gasteiger partial charge in [0, 0.05) is 11.4 Å². The molecular formula is C27H32ClNO10. The third kappa shape index (κ3) is 5.75. The van der Waals surface area contributed by atoms with Crippen LogP contribution in [-0.2, 0) is 31.1 Å². The summed E-state index contributed by atoms with van der Waals surface area (Å²) >= 11 is 6.42. The average molecular weight is 566 g/mol. The molecule has 2 aromatic carbocycles. The Balaban J connectivity index is 0.000000333. The molecule has 0 spiro atoms. The summed E-state index contributed by atoms with van der Waals surface area (Å²) in [6.45, 7) is 1.73. The number of amides is 1. The van der Waals surface area contributed by atoms with Gasteiger partial charge in [-0.05, 0) is 54.7 Å². The third-order valence-electron chi connectivity index (χ3n) is 7.14. The Morgan fingerprint density at radius 1 is 1.15 bits per heavy atom. The van der Waals surface area contributed by atoms with E-state index in [2.05, 4.69) is 5.32 Å². The lowest BCUT2D eigenvalue weighted by Crippen LogP contribution is -2.65. The molecule has 12 heteroatoms. The second-order valence-corrected chi connectivity index (χ2v) is 10.1. The van der Waals surface area contributed by atoms with E-state index in [9.17, 15) is 30.0 Å². The third-order valence-corrected chi connectivity index (χ3v) is 7.51. The Labute approximate surface area is 229 Å². The van der Waals surface area contributed by atoms with E-state index in [1.54, 1.807) is 18.2 Å². The molecule has 6 N–H and O–H groups in total. The van der Waals surface area contributed by atoms with E-state index in [-0.39, 0.29) is 12.5 Å². The average Bonchev–Trinajstić information content (AvgIpc) is 3.54. The number of halogens is 1. The van der Waals surface area contributed by atoms with Gasteiger partial charge in [-0.2, -0.15) is 0 Å². The highest BCUT2D eigenvalue weighted by Crippen LogP contribution is 2.49. The first-order valence-corrected chi connectivity index (χ1v) is 12.9. The van der Waals surface area contributed by atoms with E-state index in [1.807, 2.05) is 31.2 Å². The molecule has 3 fully saturated rings. The number of carbonyl (C=O) groups is 2. The monoisotopic (exact) mass is 565 g/mol. The van der Waals surface area contributed by atoms with Gasteiger partial charge in [-0.25, -0.2) is 4.79 Å². The lowest BCUT2D eigenvalue weighted by atomic mass is 9.80. The van der Waals surface area contributed by atoms with E-state index in [4.69, 9.17) is 30.9 Å². The van der Waals surface area contributed by atoms with E-state index in [0.29, 0.717) is 36.5 Å². The van der Waals surface area contributed by atoms with Crippen LogP contribution in [0.2, 0.25) is 5.02 Å². The summed E-state index contributed by atoms with van der Waals surface area (Å²) < 4.78 is 16.9. The van der Waals surface area contributed by atoms with Gasteiger partial charge in [0.2, 0.25) is 11.7 Å². The van der Waals surface area contributed by atoms with Gasteiger partial charge < -0.3 is 45.1 Å². The molecule has 1 amide bonds. The fourth-order valence-electron chi connectivity index (χ4n) is 4.94. The molecule has 3 aliphatic heterocycles. The van der Waals surface area contributed by atoms with Crippen LogP contribution >= 0.6 is 11.6 Å². The molecule has 3 aliphatic rings. The molecule has 11 nitrogen and oxygen atoms in total. The molecule has 5 rings (SSSR count). The number of aliphatic hydroxyl groups is 4. The highest BCUT2D eigenvalue weighted by Gasteiger charge is 2.67. The maximum absolute atomic E-state index is 10.7. The van der Waals surface area contributed by atoms with Gasteiger partial charge in [0.15, 0.2) is 0 Å². The van der Waals surface area contributed by atoms with Crippen molar-refractivity contribution in [3.8, 4) is 5.75 Å². The van der Waals surface area contributed by atoms with Crippen LogP contribution in [0.15, 0.2) is 42.5 Å². The first-order chi connectivity index (χ1) is 18.5. The van der Waals surface area contributed by atoms with Crippen molar-refractivity contribution in [2.45, 2.75) is 61.9 Å². The molecule has 212 valence electrons. The van der Waals surface area contributed by atoms with E-state index < -0.39 is 48.3 Å². The van der Waals surface area contributed by atoms with Crippen LogP contribution < -0.4 is 10.1 Å². The minimum absolute atomic E-state index is 0.132. The maximum atomic E-state index is 10.7. The van der Waals surface area contributed by atoms with Crippen molar-refractivity contribution >= 4 is 23.5 Å². The number of rotatable bonds is 7. The summed E-state index contributed by atoms with van der Waals surface area (Å²) in [6, 6.07) is 12.2. The standard InChI is InChI=1S/C22H25ClO7.C5H7NO3/c1-2-28-16-6-3-13(4-7-16)9-14-10-15(5-8-17(14)23)21-12-29-22(11-24,30-21)20(27)18(25)19(21)26;7-4-2-1-3(6-4)5(8)9/h3-8,10,18-20,24-27H,2,9,11-12H2,1H3;3H,1-2H2,(H,6,7)(H,8,9)/t18-,19-,20-,21-,22-;3-/m10/s1. The molecule has 2 bridgehead atoms. The summed E-state index contributed by atoms with van der Waals surface area (Å²) in [5.41, 5.74) is 0.926. The molecule has 0 saturated carbocycles. The van der Waals surface area contributed by atoms with E-state index >= 15 is 0 Å². The zero-order valence-corrected chi connectivity index (χ0v) is 22.0. The zero-order chi connectivity index (χ0) is 28.4. The summed E-state index contributed by atoms with van der Waals surface area (Å²) in [6.07, 6.45) is -3.27. The topological polar surface area (TPSA) is 175 Å². The first kappa shape index (κ1) is 29.2. The van der Waals surface area contributed by atoms with Crippen LogP contribution in [0.25, 0.3) is 0 Å². The predicted octanol–water partition coefficient (Wildman–Crippen LogP) is 0.706. The van der Waals surface area contributed by atoms with Crippen LogP contribution in [0.1, 0.15) is 36.5 Å². The number of aliphatic carboxylic acids is 1. The summed E-state index contributed by atoms with van der Waals surface area (Å²) in [7, 11) is 0. The van der Waals surface area contributed by atoms with Crippen molar-refractivity contribution in [2.75, 3.05) is 19.8 Å². The number of carboxylic acids is 1. The SMILES string of the molecule is CCOc1ccc(Cc2cc([C@@]34CO[C@](CO)(O3)[C@H](O)[C@H](O)[C@H]4O)ccc2Cl)cc1.O=C1CC[C@@H](C(=O)O)N1. The van der Waals surface area contributed by atoms with Gasteiger partial charge in [0.25, 0.3) is 0 Å². The Morgan fingerprint density at radius 3 is 2.44 bits per heavy atom. The summed E-state index contributed by atoms with van der Waals surface area (Å²) in [5, 5.41) is 52.3. The lowest BCUT2D eigenvalue weighted by Gasteiger charge is -2.46. The van der Waals surface area contributed by atoms with Crippen LogP contribution in [0, 0.1) is 0 Å². The van der Waals surface area contributed by atoms with Gasteiger partial charge in [-0.1, -0.05) is 35.9 Å². The Morgan fingerprint density at radius 2 is 1.87 bits per heavy atom. The van der Waals surface area contributed by atoms with Crippen molar-refractivity contribution < 1.29 is 49.3 Å². The second-order valence-electron chi connectivity index (χ2n) is 9.69. The Bertz CT molecular complexity index is 1190. The highest BCUT2D eigenvalue weighted by atomic mass is 35.5. The fourth-order valence-corrected chi connectivity index (χ4v) is 5.13. The first-order valence-electron chi connectivity index (χ1n) is 12.6. The van der Waals surface area contributed by atoms with Crippen molar-refractivity contribution in [3.63, 3.8) is 0 Å². The quantitative estimate of drug-likeness (QED) is 0.280. The molecule has 2 aromatic rings. The number of fused-ring (bicyclic) bond motifs is 2. The van der Waals surface area contributed by atoms with E-state index in [1.165, 1.54) is 0 Å². The van der Waals surface area contributed by atoms with Gasteiger partial charge in [0.1, 0.15) is 42.3 Å². The Kier molecular flexibility index (Phi) is 8.82. The van der Waals surface area contributed by atoms with Crippen LogP contribution in [0.3, 0.4) is 0 Å². The normalized spacial score (nSPS) is 31.3. The van der Waals surface area contributed by atoms with Crippen LogP contribution in [-0.4, -0.2) is 87.4 Å². The number of hydrogen-bond acceptors (Lipinski definition) is 9. The lowest BCUT2D eigenvalue weighted by molar-refractivity contribution is -0.330. The highest BCUT2D eigenvalue weighted by molar-refractivity contribution is 6.31. The maximum Gasteiger partial charge on any atom is 0.326 e. The van der Waals surface area contributed by atoms with Gasteiger partial charge in [0.05, 0.1) is 13.2 Å². The zero-order valence-electron chi connectivity index (χ0n) is 21.2. The van der Waals surface area contributed by atoms with Crippen molar-refractivity contribution in [3.05, 3.63) is 64.2 Å². The largest absolute Gasteiger partial charge is 0.494 e. The van der Waals surface area contributed by atoms with Crippen LogP contribution in [0.5, 0.6) is 5.75 Å². The predicted molar refractivity (Wildman–Crippen MR) is 137 cm³/mol. The summed E-state index contributed by atoms with van der Waals surface area (Å²) in [4.78, 5) is 20.5. The molecular weight excluding hydrogens is 534 g/mol. The molecule has 3 saturated heterocycles. The molecule has 0 radical (unpaired) electrons. The number of carbonyl (C=O) groups excluding carboxylic acids is 1. The molecule has 0 aromatic heterocycles. The van der Waals surface area contributed by atoms with Crippen molar-refractivity contribution in [2.24, 2.45) is 0 Å². The second kappa shape index (κ2) is 11.8. The molecule has 0 aliphatic carbocycles. The smallest absolute Gasteiger partial charge is 0.326 e. The Hall–Kier alpha value is -2.77. The van der Waals surface area contributed by atoms with Gasteiger partial charge >= 0.3 is 5.97 Å². The number of benzene rings is 2. The molecule has 6 atom stereocenters. The molecule has 0 unspecified atom stereocenters. The van der Waals surface area contributed by atoms with Crippen molar-refractivity contribution in [1.29, 1.82) is 0 Å².